The molecule has 2 amide bonds. The van der Waals surface area contributed by atoms with Crippen LogP contribution in [0.15, 0.2) is 48.5 Å². The van der Waals surface area contributed by atoms with Crippen molar-refractivity contribution in [2.75, 3.05) is 38.0 Å². The minimum absolute atomic E-state index is 0.00727. The maximum absolute atomic E-state index is 12.7. The number of carbonyl (C=O) groups excluding carboxylic acids is 2. The molecule has 10 nitrogen and oxygen atoms in total. The van der Waals surface area contributed by atoms with Crippen LogP contribution in [0.5, 0.6) is 0 Å². The van der Waals surface area contributed by atoms with E-state index in [4.69, 9.17) is 14.7 Å². The first-order valence-corrected chi connectivity index (χ1v) is 16.8. The van der Waals surface area contributed by atoms with Gasteiger partial charge in [0.2, 0.25) is 11.8 Å². The molecule has 246 valence electrons. The summed E-state index contributed by atoms with van der Waals surface area (Å²) < 4.78 is 13.2. The molecule has 3 aliphatic heterocycles. The lowest BCUT2D eigenvalue weighted by Gasteiger charge is -2.39. The number of benzene rings is 2. The summed E-state index contributed by atoms with van der Waals surface area (Å²) in [6.07, 6.45) is 8.86. The molecule has 3 saturated heterocycles. The standard InChI is InChI=1S/C35H50N4O6/c40-25-26-14-16-27(17-15-26)32-22-31(24-39-20-8-11-30(39)23-38-18-5-6-19-38)44-35(45-32)28-9-7-10-29(21-28)36-33(41)12-3-1-2-4-13-34(42)37-43/h7,9-10,14-17,21,30-32,35,40,43H,1-6,8,11-13,18-20,22-25H2,(H,36,41)(H,37,42)/t30-,31+,32-,35-/m0/s1. The van der Waals surface area contributed by atoms with Crippen LogP contribution in [0.3, 0.4) is 0 Å². The number of carbonyl (C=O) groups is 2. The fourth-order valence-electron chi connectivity index (χ4n) is 6.87. The van der Waals surface area contributed by atoms with Gasteiger partial charge in [0.1, 0.15) is 0 Å². The van der Waals surface area contributed by atoms with Crippen molar-refractivity contribution in [1.82, 2.24) is 15.3 Å². The first kappa shape index (κ1) is 33.5. The predicted octanol–water partition coefficient (Wildman–Crippen LogP) is 5.07. The Hall–Kier alpha value is -2.86. The lowest BCUT2D eigenvalue weighted by Crippen LogP contribution is -2.45. The molecule has 2 aromatic rings. The second-order valence-electron chi connectivity index (χ2n) is 12.8. The van der Waals surface area contributed by atoms with Gasteiger partial charge in [-0.1, -0.05) is 49.2 Å². The fourth-order valence-corrected chi connectivity index (χ4v) is 6.87. The molecule has 0 aliphatic carbocycles. The van der Waals surface area contributed by atoms with Crippen LogP contribution in [0, 0.1) is 0 Å². The van der Waals surface area contributed by atoms with E-state index >= 15 is 0 Å². The van der Waals surface area contributed by atoms with Crippen molar-refractivity contribution >= 4 is 17.5 Å². The number of hydrogen-bond acceptors (Lipinski definition) is 8. The zero-order valence-electron chi connectivity index (χ0n) is 26.4. The molecular weight excluding hydrogens is 572 g/mol. The minimum atomic E-state index is -0.570. The van der Waals surface area contributed by atoms with Gasteiger partial charge in [-0.05, 0) is 81.4 Å². The Morgan fingerprint density at radius 3 is 2.33 bits per heavy atom. The largest absolute Gasteiger partial charge is 0.392 e. The number of unbranched alkanes of at least 4 members (excludes halogenated alkanes) is 3. The first-order chi connectivity index (χ1) is 22.0. The number of anilines is 1. The number of nitrogens with zero attached hydrogens (tertiary/aromatic N) is 2. The van der Waals surface area contributed by atoms with Crippen LogP contribution in [0.2, 0.25) is 0 Å². The number of nitrogens with one attached hydrogen (secondary N) is 2. The summed E-state index contributed by atoms with van der Waals surface area (Å²) in [7, 11) is 0. The van der Waals surface area contributed by atoms with Crippen LogP contribution in [0.1, 0.15) is 99.7 Å². The monoisotopic (exact) mass is 622 g/mol. The summed E-state index contributed by atoms with van der Waals surface area (Å²) in [6, 6.07) is 16.3. The molecule has 10 heteroatoms. The quantitative estimate of drug-likeness (QED) is 0.123. The number of likely N-dealkylation sites (tertiary alicyclic amines) is 2. The van der Waals surface area contributed by atoms with Gasteiger partial charge in [-0.2, -0.15) is 0 Å². The number of rotatable bonds is 15. The smallest absolute Gasteiger partial charge is 0.243 e. The van der Waals surface area contributed by atoms with Gasteiger partial charge in [0, 0.05) is 49.6 Å². The summed E-state index contributed by atoms with van der Waals surface area (Å²) in [5.74, 6) is -0.433. The van der Waals surface area contributed by atoms with Crippen LogP contribution >= 0.6 is 0 Å². The highest BCUT2D eigenvalue weighted by Crippen LogP contribution is 2.39. The molecule has 0 bridgehead atoms. The number of hydroxylamine groups is 1. The molecule has 0 spiro atoms. The van der Waals surface area contributed by atoms with E-state index in [-0.39, 0.29) is 37.0 Å². The highest BCUT2D eigenvalue weighted by molar-refractivity contribution is 5.90. The molecule has 4 N–H and O–H groups in total. The lowest BCUT2D eigenvalue weighted by atomic mass is 9.99. The van der Waals surface area contributed by atoms with Gasteiger partial charge in [-0.15, -0.1) is 0 Å². The molecule has 3 fully saturated rings. The highest BCUT2D eigenvalue weighted by Gasteiger charge is 2.36. The minimum Gasteiger partial charge on any atom is -0.392 e. The van der Waals surface area contributed by atoms with Crippen LogP contribution in [0.4, 0.5) is 5.69 Å². The Balaban J connectivity index is 1.21. The molecule has 3 heterocycles. The van der Waals surface area contributed by atoms with E-state index < -0.39 is 6.29 Å². The van der Waals surface area contributed by atoms with Crippen LogP contribution < -0.4 is 10.8 Å². The van der Waals surface area contributed by atoms with E-state index in [0.29, 0.717) is 24.6 Å². The van der Waals surface area contributed by atoms with Crippen LogP contribution in [0.25, 0.3) is 0 Å². The maximum Gasteiger partial charge on any atom is 0.243 e. The van der Waals surface area contributed by atoms with Crippen LogP contribution in [-0.4, -0.2) is 76.8 Å². The summed E-state index contributed by atoms with van der Waals surface area (Å²) in [5.41, 5.74) is 5.16. The number of ether oxygens (including phenoxy) is 2. The van der Waals surface area contributed by atoms with Gasteiger partial charge in [0.25, 0.3) is 0 Å². The average molecular weight is 623 g/mol. The third-order valence-electron chi connectivity index (χ3n) is 9.34. The zero-order chi connectivity index (χ0) is 31.4. The van der Waals surface area contributed by atoms with Crippen molar-refractivity contribution in [1.29, 1.82) is 0 Å². The second-order valence-corrected chi connectivity index (χ2v) is 12.8. The van der Waals surface area contributed by atoms with E-state index in [1.54, 1.807) is 5.48 Å². The van der Waals surface area contributed by atoms with Crippen molar-refractivity contribution in [3.63, 3.8) is 0 Å². The van der Waals surface area contributed by atoms with Crippen molar-refractivity contribution in [2.45, 2.75) is 102 Å². The number of aliphatic hydroxyl groups is 1. The second kappa shape index (κ2) is 17.2. The van der Waals surface area contributed by atoms with Gasteiger partial charge in [-0.3, -0.25) is 19.7 Å². The van der Waals surface area contributed by atoms with Crippen molar-refractivity contribution in [2.24, 2.45) is 0 Å². The number of aliphatic hydroxyl groups excluding tert-OH is 1. The molecule has 4 atom stereocenters. The normalized spacial score (nSPS) is 24.1. The van der Waals surface area contributed by atoms with E-state index in [0.717, 1.165) is 62.0 Å². The molecule has 45 heavy (non-hydrogen) atoms. The Labute approximate surface area is 267 Å². The SMILES string of the molecule is O=C(CCCCCCC(=O)Nc1cccc([C@H]2O[C@@H](CN3CCC[C@H]3CN3CCCC3)C[C@@H](c3ccc(CO)cc3)O2)c1)NO. The third kappa shape index (κ3) is 10.1. The third-order valence-corrected chi connectivity index (χ3v) is 9.34. The lowest BCUT2D eigenvalue weighted by molar-refractivity contribution is -0.253. The van der Waals surface area contributed by atoms with Crippen molar-refractivity contribution in [3.8, 4) is 0 Å². The van der Waals surface area contributed by atoms with E-state index in [9.17, 15) is 14.7 Å². The van der Waals surface area contributed by atoms with Crippen molar-refractivity contribution < 1.29 is 29.4 Å². The van der Waals surface area contributed by atoms with Gasteiger partial charge in [-0.25, -0.2) is 5.48 Å². The van der Waals surface area contributed by atoms with Gasteiger partial charge >= 0.3 is 0 Å². The Morgan fingerprint density at radius 2 is 1.60 bits per heavy atom. The molecule has 0 unspecified atom stereocenters. The summed E-state index contributed by atoms with van der Waals surface area (Å²) in [4.78, 5) is 29.0. The zero-order valence-corrected chi connectivity index (χ0v) is 26.4. The molecule has 3 aliphatic rings. The van der Waals surface area contributed by atoms with Gasteiger partial charge in [0.05, 0.1) is 18.8 Å². The maximum atomic E-state index is 12.7. The Morgan fingerprint density at radius 1 is 0.844 bits per heavy atom. The topological polar surface area (TPSA) is 124 Å². The molecular formula is C35H50N4O6. The average Bonchev–Trinajstić information content (AvgIpc) is 3.75. The molecule has 0 aromatic heterocycles. The summed E-state index contributed by atoms with van der Waals surface area (Å²) in [5, 5.41) is 21.1. The van der Waals surface area contributed by atoms with Crippen LogP contribution in [-0.2, 0) is 25.7 Å². The van der Waals surface area contributed by atoms with Gasteiger partial charge < -0.3 is 24.8 Å². The first-order valence-electron chi connectivity index (χ1n) is 16.8. The number of amides is 2. The summed E-state index contributed by atoms with van der Waals surface area (Å²) >= 11 is 0. The summed E-state index contributed by atoms with van der Waals surface area (Å²) in [6.45, 7) is 5.54. The van der Waals surface area contributed by atoms with E-state index in [2.05, 4.69) is 15.1 Å². The van der Waals surface area contributed by atoms with E-state index in [1.165, 1.54) is 38.8 Å². The molecule has 0 saturated carbocycles. The predicted molar refractivity (Wildman–Crippen MR) is 171 cm³/mol. The van der Waals surface area contributed by atoms with E-state index in [1.807, 2.05) is 48.5 Å². The fraction of sp³-hybridized carbons (Fsp3) is 0.600. The van der Waals surface area contributed by atoms with Crippen molar-refractivity contribution in [3.05, 3.63) is 65.2 Å². The molecule has 2 aromatic carbocycles. The number of hydrogen-bond donors (Lipinski definition) is 4. The Kier molecular flexibility index (Phi) is 12.8. The molecule has 5 rings (SSSR count). The Bertz CT molecular complexity index is 1220. The van der Waals surface area contributed by atoms with Gasteiger partial charge in [0.15, 0.2) is 6.29 Å². The highest BCUT2D eigenvalue weighted by atomic mass is 16.7. The molecule has 0 radical (unpaired) electrons.